The number of rotatable bonds is 6. The lowest BCUT2D eigenvalue weighted by atomic mass is 10.3. The molecule has 0 unspecified atom stereocenters. The first-order valence-corrected chi connectivity index (χ1v) is 9.00. The molecule has 0 radical (unpaired) electrons. The molecule has 1 N–H and O–H groups in total. The summed E-state index contributed by atoms with van der Waals surface area (Å²) in [6, 6.07) is 9.08. The Morgan fingerprint density at radius 1 is 1.04 bits per heavy atom. The summed E-state index contributed by atoms with van der Waals surface area (Å²) in [6.07, 6.45) is 1.34. The van der Waals surface area contributed by atoms with Gasteiger partial charge in [0.25, 0.3) is 5.56 Å². The van der Waals surface area contributed by atoms with Crippen molar-refractivity contribution in [2.75, 3.05) is 0 Å². The van der Waals surface area contributed by atoms with E-state index in [2.05, 4.69) is 4.98 Å². The van der Waals surface area contributed by atoms with Gasteiger partial charge >= 0.3 is 5.69 Å². The van der Waals surface area contributed by atoms with Crippen molar-refractivity contribution in [3.8, 4) is 0 Å². The highest BCUT2D eigenvalue weighted by atomic mass is 32.1. The van der Waals surface area contributed by atoms with Crippen LogP contribution in [0.2, 0.25) is 0 Å². The number of aromatic nitrogens is 2. The summed E-state index contributed by atoms with van der Waals surface area (Å²) in [5.74, 6) is -0.175. The topological polar surface area (TPSA) is 75.2 Å². The minimum Gasteiger partial charge on any atom is -0.331 e. The van der Waals surface area contributed by atoms with Crippen LogP contribution in [-0.4, -0.2) is 20.4 Å². The summed E-state index contributed by atoms with van der Waals surface area (Å²) in [7, 11) is 0. The zero-order valence-electron chi connectivity index (χ0n) is 12.7. The Hall–Kier alpha value is -2.45. The van der Waals surface area contributed by atoms with Crippen LogP contribution in [0, 0.1) is 0 Å². The first kappa shape index (κ1) is 16.4. The predicted octanol–water partition coefficient (Wildman–Crippen LogP) is 1.89. The molecular formula is C16H15N3O3S2. The van der Waals surface area contributed by atoms with E-state index < -0.39 is 11.2 Å². The summed E-state index contributed by atoms with van der Waals surface area (Å²) in [4.78, 5) is 41.6. The second-order valence-corrected chi connectivity index (χ2v) is 7.21. The summed E-state index contributed by atoms with van der Waals surface area (Å²) in [6.45, 7) is 0.880. The number of hydrogen-bond donors (Lipinski definition) is 1. The van der Waals surface area contributed by atoms with E-state index in [9.17, 15) is 14.4 Å². The van der Waals surface area contributed by atoms with Crippen molar-refractivity contribution in [3.05, 3.63) is 77.9 Å². The highest BCUT2D eigenvalue weighted by molar-refractivity contribution is 7.10. The van der Waals surface area contributed by atoms with Gasteiger partial charge in [-0.05, 0) is 22.9 Å². The van der Waals surface area contributed by atoms with Gasteiger partial charge in [0.15, 0.2) is 0 Å². The van der Waals surface area contributed by atoms with Crippen LogP contribution in [0.5, 0.6) is 0 Å². The molecule has 0 aliphatic heterocycles. The Bertz CT molecular complexity index is 874. The molecule has 6 nitrogen and oxygen atoms in total. The number of H-pyrrole nitrogens is 1. The molecule has 0 atom stereocenters. The molecule has 0 spiro atoms. The molecule has 0 saturated carbocycles. The second kappa shape index (κ2) is 7.41. The van der Waals surface area contributed by atoms with Crippen LogP contribution in [0.25, 0.3) is 0 Å². The number of amides is 1. The Labute approximate surface area is 145 Å². The minimum atomic E-state index is -0.581. The maximum absolute atomic E-state index is 12.7. The maximum Gasteiger partial charge on any atom is 0.328 e. The van der Waals surface area contributed by atoms with E-state index in [0.29, 0.717) is 13.1 Å². The largest absolute Gasteiger partial charge is 0.331 e. The normalized spacial score (nSPS) is 10.7. The van der Waals surface area contributed by atoms with Crippen molar-refractivity contribution in [1.82, 2.24) is 14.5 Å². The summed E-state index contributed by atoms with van der Waals surface area (Å²) in [5, 5.41) is 3.94. The van der Waals surface area contributed by atoms with Gasteiger partial charge in [-0.2, -0.15) is 0 Å². The minimum absolute atomic E-state index is 0.105. The average molecular weight is 361 g/mol. The van der Waals surface area contributed by atoms with Gasteiger partial charge in [0.2, 0.25) is 5.91 Å². The lowest BCUT2D eigenvalue weighted by Gasteiger charge is -2.22. The van der Waals surface area contributed by atoms with E-state index in [-0.39, 0.29) is 12.5 Å². The number of nitrogens with one attached hydrogen (secondary N) is 1. The van der Waals surface area contributed by atoms with Crippen molar-refractivity contribution in [1.29, 1.82) is 0 Å². The molecule has 1 amide bonds. The lowest BCUT2D eigenvalue weighted by Crippen LogP contribution is -2.37. The van der Waals surface area contributed by atoms with E-state index in [4.69, 9.17) is 0 Å². The van der Waals surface area contributed by atoms with Gasteiger partial charge < -0.3 is 4.90 Å². The first-order valence-electron chi connectivity index (χ1n) is 7.24. The number of nitrogens with zero attached hydrogens (tertiary/aromatic N) is 2. The number of thiophene rings is 2. The second-order valence-electron chi connectivity index (χ2n) is 5.15. The third kappa shape index (κ3) is 4.09. The smallest absolute Gasteiger partial charge is 0.328 e. The van der Waals surface area contributed by atoms with Crippen molar-refractivity contribution in [3.63, 3.8) is 0 Å². The Balaban J connectivity index is 1.79. The zero-order chi connectivity index (χ0) is 16.9. The molecule has 3 aromatic rings. The van der Waals surface area contributed by atoms with E-state index >= 15 is 0 Å². The van der Waals surface area contributed by atoms with Gasteiger partial charge in [-0.1, -0.05) is 12.1 Å². The molecule has 24 heavy (non-hydrogen) atoms. The van der Waals surface area contributed by atoms with Gasteiger partial charge in [-0.25, -0.2) is 4.79 Å². The van der Waals surface area contributed by atoms with Gasteiger partial charge in [0.1, 0.15) is 6.54 Å². The fourth-order valence-electron chi connectivity index (χ4n) is 2.23. The third-order valence-corrected chi connectivity index (χ3v) is 5.13. The molecule has 3 rings (SSSR count). The molecule has 8 heteroatoms. The number of carbonyl (C=O) groups excluding carboxylic acids is 1. The monoisotopic (exact) mass is 361 g/mol. The van der Waals surface area contributed by atoms with Crippen LogP contribution in [0.15, 0.2) is 56.9 Å². The number of hydrogen-bond acceptors (Lipinski definition) is 5. The first-order chi connectivity index (χ1) is 11.6. The SMILES string of the molecule is O=C(Cn1ccc(=O)[nH]c1=O)N(Cc1cccs1)Cc1cccs1. The molecule has 0 bridgehead atoms. The summed E-state index contributed by atoms with van der Waals surface area (Å²) < 4.78 is 1.21. The Kier molecular flexibility index (Phi) is 5.07. The van der Waals surface area contributed by atoms with Crippen molar-refractivity contribution >= 4 is 28.6 Å². The molecule has 3 aromatic heterocycles. The Morgan fingerprint density at radius 2 is 1.67 bits per heavy atom. The van der Waals surface area contributed by atoms with Gasteiger partial charge in [-0.3, -0.25) is 19.1 Å². The molecular weight excluding hydrogens is 346 g/mol. The van der Waals surface area contributed by atoms with Crippen LogP contribution in [0.4, 0.5) is 0 Å². The number of aromatic amines is 1. The van der Waals surface area contributed by atoms with E-state index in [1.54, 1.807) is 27.6 Å². The van der Waals surface area contributed by atoms with Gasteiger partial charge in [0.05, 0.1) is 13.1 Å². The van der Waals surface area contributed by atoms with E-state index in [1.807, 2.05) is 35.0 Å². The van der Waals surface area contributed by atoms with Gasteiger partial charge in [0, 0.05) is 22.0 Å². The highest BCUT2D eigenvalue weighted by Gasteiger charge is 2.17. The Morgan fingerprint density at radius 3 is 2.17 bits per heavy atom. The molecule has 0 saturated heterocycles. The molecule has 0 aliphatic rings. The molecule has 3 heterocycles. The summed E-state index contributed by atoms with van der Waals surface area (Å²) in [5.41, 5.74) is -1.05. The standard InChI is InChI=1S/C16H15N3O3S2/c20-14-5-6-18(16(22)17-14)11-15(21)19(9-12-3-1-7-23-12)10-13-4-2-8-24-13/h1-8H,9-11H2,(H,17,20,22). The fourth-order valence-corrected chi connectivity index (χ4v) is 3.67. The van der Waals surface area contributed by atoms with Crippen LogP contribution in [0.1, 0.15) is 9.75 Å². The van der Waals surface area contributed by atoms with Crippen molar-refractivity contribution in [2.45, 2.75) is 19.6 Å². The van der Waals surface area contributed by atoms with Crippen LogP contribution >= 0.6 is 22.7 Å². The number of carbonyl (C=O) groups is 1. The van der Waals surface area contributed by atoms with E-state index in [1.165, 1.54) is 16.8 Å². The van der Waals surface area contributed by atoms with E-state index in [0.717, 1.165) is 9.75 Å². The predicted molar refractivity (Wildman–Crippen MR) is 94.2 cm³/mol. The van der Waals surface area contributed by atoms with Crippen molar-refractivity contribution < 1.29 is 4.79 Å². The average Bonchev–Trinajstić information content (AvgIpc) is 3.23. The lowest BCUT2D eigenvalue weighted by molar-refractivity contribution is -0.133. The maximum atomic E-state index is 12.7. The van der Waals surface area contributed by atoms with Crippen LogP contribution in [-0.2, 0) is 24.4 Å². The van der Waals surface area contributed by atoms with Gasteiger partial charge in [-0.15, -0.1) is 22.7 Å². The van der Waals surface area contributed by atoms with Crippen LogP contribution in [0.3, 0.4) is 0 Å². The molecule has 0 aromatic carbocycles. The van der Waals surface area contributed by atoms with Crippen molar-refractivity contribution in [2.24, 2.45) is 0 Å². The molecule has 0 aliphatic carbocycles. The third-order valence-electron chi connectivity index (χ3n) is 3.41. The molecule has 124 valence electrons. The highest BCUT2D eigenvalue weighted by Crippen LogP contribution is 2.17. The summed E-state index contributed by atoms with van der Waals surface area (Å²) >= 11 is 3.17. The van der Waals surface area contributed by atoms with Crippen LogP contribution < -0.4 is 11.2 Å². The quantitative estimate of drug-likeness (QED) is 0.728. The molecule has 0 fully saturated rings. The zero-order valence-corrected chi connectivity index (χ0v) is 14.3. The fraction of sp³-hybridized carbons (Fsp3) is 0.188.